The molecule has 24 heavy (non-hydrogen) atoms. The minimum atomic E-state index is -3.56. The van der Waals surface area contributed by atoms with Crippen molar-refractivity contribution in [3.05, 3.63) is 24.3 Å². The van der Waals surface area contributed by atoms with Gasteiger partial charge in [0.15, 0.2) is 0 Å². The van der Waals surface area contributed by atoms with Gasteiger partial charge >= 0.3 is 0 Å². The molecule has 2 aliphatic rings. The molecule has 0 radical (unpaired) electrons. The molecule has 9 heteroatoms. The Kier molecular flexibility index (Phi) is 4.99. The van der Waals surface area contributed by atoms with Crippen LogP contribution in [-0.2, 0) is 20.0 Å². The van der Waals surface area contributed by atoms with Crippen molar-refractivity contribution in [1.82, 2.24) is 9.03 Å². The number of nitrogens with zero attached hydrogens (tertiary/aromatic N) is 1. The largest absolute Gasteiger partial charge is 0.333 e. The second-order valence-electron chi connectivity index (χ2n) is 6.37. The Balaban J connectivity index is 1.74. The molecule has 0 bridgehead atoms. The molecular formula is C15H24N3O4S2+. The quantitative estimate of drug-likeness (QED) is 0.671. The minimum absolute atomic E-state index is 0.0239. The highest BCUT2D eigenvalue weighted by atomic mass is 32.2. The SMILES string of the molecule is CC[NH+]1CCN(S(=O)(=O)c2ccc(S(=O)(=O)NC3CC3)cc2)CC1. The Hall–Kier alpha value is -1.00. The van der Waals surface area contributed by atoms with E-state index in [0.717, 1.165) is 32.5 Å². The number of rotatable bonds is 6. The summed E-state index contributed by atoms with van der Waals surface area (Å²) < 4.78 is 53.7. The molecule has 0 unspecified atom stereocenters. The minimum Gasteiger partial charge on any atom is -0.333 e. The highest BCUT2D eigenvalue weighted by Gasteiger charge is 2.31. The van der Waals surface area contributed by atoms with Gasteiger partial charge in [-0.15, -0.1) is 0 Å². The van der Waals surface area contributed by atoms with E-state index in [2.05, 4.69) is 11.6 Å². The van der Waals surface area contributed by atoms with Gasteiger partial charge in [0.05, 0.1) is 42.5 Å². The Labute approximate surface area is 143 Å². The normalized spacial score (nSPS) is 21.0. The highest BCUT2D eigenvalue weighted by Crippen LogP contribution is 2.23. The third kappa shape index (κ3) is 3.80. The number of likely N-dealkylation sites (N-methyl/N-ethyl adjacent to an activating group) is 1. The number of nitrogens with one attached hydrogen (secondary N) is 2. The first-order valence-corrected chi connectivity index (χ1v) is 11.2. The molecule has 1 aliphatic heterocycles. The molecule has 7 nitrogen and oxygen atoms in total. The molecular weight excluding hydrogens is 350 g/mol. The van der Waals surface area contributed by atoms with E-state index in [0.29, 0.717) is 13.1 Å². The molecule has 1 heterocycles. The molecule has 1 aliphatic carbocycles. The number of benzene rings is 1. The van der Waals surface area contributed by atoms with Gasteiger partial charge in [-0.05, 0) is 44.0 Å². The number of hydrogen-bond acceptors (Lipinski definition) is 4. The summed E-state index contributed by atoms with van der Waals surface area (Å²) in [5, 5.41) is 0. The molecule has 2 N–H and O–H groups in total. The maximum absolute atomic E-state index is 12.7. The van der Waals surface area contributed by atoms with Crippen LogP contribution in [0.4, 0.5) is 0 Å². The molecule has 0 aromatic heterocycles. The lowest BCUT2D eigenvalue weighted by Crippen LogP contribution is -3.14. The summed E-state index contributed by atoms with van der Waals surface area (Å²) in [6.45, 7) is 5.67. The molecule has 3 rings (SSSR count). The number of sulfonamides is 2. The van der Waals surface area contributed by atoms with Crippen molar-refractivity contribution in [3.8, 4) is 0 Å². The standard InChI is InChI=1S/C15H23N3O4S2/c1-2-17-9-11-18(12-10-17)24(21,22)15-7-5-14(6-8-15)23(19,20)16-13-3-4-13/h5-8,13,16H,2-4,9-12H2,1H3/p+1. The second kappa shape index (κ2) is 6.72. The van der Waals surface area contributed by atoms with Gasteiger partial charge in [0.25, 0.3) is 0 Å². The van der Waals surface area contributed by atoms with Gasteiger partial charge in [0.1, 0.15) is 0 Å². The van der Waals surface area contributed by atoms with Crippen molar-refractivity contribution in [3.63, 3.8) is 0 Å². The number of piperazine rings is 1. The van der Waals surface area contributed by atoms with Crippen LogP contribution in [0.1, 0.15) is 19.8 Å². The zero-order chi connectivity index (χ0) is 17.4. The third-order valence-electron chi connectivity index (χ3n) is 4.60. The van der Waals surface area contributed by atoms with Crippen LogP contribution in [0.15, 0.2) is 34.1 Å². The fourth-order valence-corrected chi connectivity index (χ4v) is 5.57. The monoisotopic (exact) mass is 374 g/mol. The molecule has 0 atom stereocenters. The first kappa shape index (κ1) is 17.8. The smallest absolute Gasteiger partial charge is 0.243 e. The molecule has 0 amide bonds. The lowest BCUT2D eigenvalue weighted by Gasteiger charge is -2.30. The summed E-state index contributed by atoms with van der Waals surface area (Å²) >= 11 is 0. The van der Waals surface area contributed by atoms with E-state index < -0.39 is 20.0 Å². The van der Waals surface area contributed by atoms with Gasteiger partial charge < -0.3 is 4.90 Å². The zero-order valence-corrected chi connectivity index (χ0v) is 15.4. The Bertz CT molecular complexity index is 779. The van der Waals surface area contributed by atoms with Gasteiger partial charge in [0.2, 0.25) is 20.0 Å². The van der Waals surface area contributed by atoms with E-state index in [4.69, 9.17) is 0 Å². The van der Waals surface area contributed by atoms with Crippen molar-refractivity contribution in [1.29, 1.82) is 0 Å². The van der Waals surface area contributed by atoms with Crippen molar-refractivity contribution in [2.75, 3.05) is 32.7 Å². The van der Waals surface area contributed by atoms with Crippen LogP contribution in [0, 0.1) is 0 Å². The summed E-state index contributed by atoms with van der Waals surface area (Å²) in [5.74, 6) is 0. The maximum Gasteiger partial charge on any atom is 0.243 e. The van der Waals surface area contributed by atoms with E-state index in [1.54, 1.807) is 0 Å². The predicted octanol–water partition coefficient (Wildman–Crippen LogP) is -0.964. The highest BCUT2D eigenvalue weighted by molar-refractivity contribution is 7.89. The summed E-state index contributed by atoms with van der Waals surface area (Å²) in [7, 11) is -7.12. The average Bonchev–Trinajstić information content (AvgIpc) is 3.38. The summed E-state index contributed by atoms with van der Waals surface area (Å²) in [6, 6.07) is 5.53. The van der Waals surface area contributed by atoms with Gasteiger partial charge in [-0.1, -0.05) is 0 Å². The average molecular weight is 375 g/mol. The second-order valence-corrected chi connectivity index (χ2v) is 10.0. The van der Waals surface area contributed by atoms with Crippen LogP contribution in [-0.4, -0.2) is 59.9 Å². The summed E-state index contributed by atoms with van der Waals surface area (Å²) in [5.41, 5.74) is 0. The van der Waals surface area contributed by atoms with Crippen LogP contribution in [0.2, 0.25) is 0 Å². The van der Waals surface area contributed by atoms with Crippen LogP contribution in [0.5, 0.6) is 0 Å². The van der Waals surface area contributed by atoms with Crippen LogP contribution >= 0.6 is 0 Å². The molecule has 1 saturated carbocycles. The van der Waals surface area contributed by atoms with E-state index in [-0.39, 0.29) is 15.8 Å². The zero-order valence-electron chi connectivity index (χ0n) is 13.7. The first-order valence-electron chi connectivity index (χ1n) is 8.29. The fraction of sp³-hybridized carbons (Fsp3) is 0.600. The molecule has 134 valence electrons. The maximum atomic E-state index is 12.7. The van der Waals surface area contributed by atoms with Gasteiger partial charge in [0, 0.05) is 6.04 Å². The molecule has 1 aromatic carbocycles. The van der Waals surface area contributed by atoms with Gasteiger partial charge in [-0.3, -0.25) is 0 Å². The Morgan fingerprint density at radius 2 is 1.58 bits per heavy atom. The topological polar surface area (TPSA) is 88.0 Å². The van der Waals surface area contributed by atoms with E-state index in [9.17, 15) is 16.8 Å². The fourth-order valence-electron chi connectivity index (χ4n) is 2.82. The molecule has 1 aromatic rings. The van der Waals surface area contributed by atoms with Crippen molar-refractivity contribution < 1.29 is 21.7 Å². The van der Waals surface area contributed by atoms with Crippen LogP contribution < -0.4 is 9.62 Å². The van der Waals surface area contributed by atoms with Gasteiger partial charge in [-0.2, -0.15) is 4.31 Å². The molecule has 2 fully saturated rings. The van der Waals surface area contributed by atoms with Crippen molar-refractivity contribution in [2.45, 2.75) is 35.6 Å². The van der Waals surface area contributed by atoms with Crippen LogP contribution in [0.25, 0.3) is 0 Å². The molecule has 1 saturated heterocycles. The van der Waals surface area contributed by atoms with E-state index in [1.165, 1.54) is 33.5 Å². The Morgan fingerprint density at radius 3 is 2.08 bits per heavy atom. The number of quaternary nitrogens is 1. The third-order valence-corrected chi connectivity index (χ3v) is 8.05. The van der Waals surface area contributed by atoms with E-state index >= 15 is 0 Å². The summed E-state index contributed by atoms with van der Waals surface area (Å²) in [6.07, 6.45) is 1.72. The molecule has 0 spiro atoms. The number of hydrogen-bond donors (Lipinski definition) is 2. The van der Waals surface area contributed by atoms with E-state index in [1.807, 2.05) is 0 Å². The summed E-state index contributed by atoms with van der Waals surface area (Å²) in [4.78, 5) is 1.65. The first-order chi connectivity index (χ1) is 11.3. The van der Waals surface area contributed by atoms with Gasteiger partial charge in [-0.25, -0.2) is 21.6 Å². The van der Waals surface area contributed by atoms with Crippen molar-refractivity contribution >= 4 is 20.0 Å². The lowest BCUT2D eigenvalue weighted by atomic mass is 10.4. The predicted molar refractivity (Wildman–Crippen MR) is 89.8 cm³/mol. The van der Waals surface area contributed by atoms with Crippen molar-refractivity contribution in [2.24, 2.45) is 0 Å². The Morgan fingerprint density at radius 1 is 1.04 bits per heavy atom. The lowest BCUT2D eigenvalue weighted by molar-refractivity contribution is -0.901. The van der Waals surface area contributed by atoms with Crippen LogP contribution in [0.3, 0.4) is 0 Å².